The van der Waals surface area contributed by atoms with Crippen LogP contribution in [0.15, 0.2) is 0 Å². The van der Waals surface area contributed by atoms with Crippen molar-refractivity contribution in [3.8, 4) is 0 Å². The minimum absolute atomic E-state index is 0.00292. The third-order valence-electron chi connectivity index (χ3n) is 2.47. The van der Waals surface area contributed by atoms with E-state index in [1.807, 2.05) is 0 Å². The molecule has 0 aromatic heterocycles. The molecule has 1 N–H and O–H groups in total. The molecule has 4 heteroatoms. The Balaban J connectivity index is 2.02. The smallest absolute Gasteiger partial charge is 0.246 e. The van der Waals surface area contributed by atoms with Crippen molar-refractivity contribution in [1.82, 2.24) is 5.32 Å². The van der Waals surface area contributed by atoms with E-state index in [0.717, 1.165) is 26.1 Å². The standard InChI is InChI=1S/C8H13NO3/c10-7-5-12-6-8(9-7)1-3-11-4-2-8/h1-6H2,(H,9,10). The molecule has 2 fully saturated rings. The third-order valence-corrected chi connectivity index (χ3v) is 2.47. The molecule has 2 aliphatic heterocycles. The number of carbonyl (C=O) groups is 1. The molecule has 0 radical (unpaired) electrons. The number of hydrogen-bond donors (Lipinski definition) is 1. The number of carbonyl (C=O) groups excluding carboxylic acids is 1. The van der Waals surface area contributed by atoms with E-state index in [1.165, 1.54) is 0 Å². The fraction of sp³-hybridized carbons (Fsp3) is 0.875. The molecule has 2 aliphatic rings. The Labute approximate surface area is 71.2 Å². The number of hydrogen-bond acceptors (Lipinski definition) is 3. The number of rotatable bonds is 0. The molecule has 12 heavy (non-hydrogen) atoms. The van der Waals surface area contributed by atoms with Crippen molar-refractivity contribution in [2.45, 2.75) is 18.4 Å². The highest BCUT2D eigenvalue weighted by atomic mass is 16.5. The molecule has 0 unspecified atom stereocenters. The molecule has 0 bridgehead atoms. The third kappa shape index (κ3) is 1.44. The van der Waals surface area contributed by atoms with Gasteiger partial charge in [0.25, 0.3) is 0 Å². The topological polar surface area (TPSA) is 47.6 Å². The van der Waals surface area contributed by atoms with Gasteiger partial charge in [0, 0.05) is 13.2 Å². The summed E-state index contributed by atoms with van der Waals surface area (Å²) in [5.41, 5.74) is -0.117. The van der Waals surface area contributed by atoms with E-state index < -0.39 is 0 Å². The predicted octanol–water partition coefficient (Wildman–Crippen LogP) is -0.318. The Hall–Kier alpha value is -0.610. The second-order valence-corrected chi connectivity index (χ2v) is 3.43. The second kappa shape index (κ2) is 3.03. The average Bonchev–Trinajstić information content (AvgIpc) is 2.05. The molecule has 0 atom stereocenters. The Morgan fingerprint density at radius 1 is 1.25 bits per heavy atom. The summed E-state index contributed by atoms with van der Waals surface area (Å²) in [6.07, 6.45) is 1.75. The molecular weight excluding hydrogens is 158 g/mol. The molecule has 0 aromatic rings. The summed E-state index contributed by atoms with van der Waals surface area (Å²) in [7, 11) is 0. The van der Waals surface area contributed by atoms with Gasteiger partial charge in [-0.25, -0.2) is 0 Å². The van der Waals surface area contributed by atoms with E-state index >= 15 is 0 Å². The SMILES string of the molecule is O=C1COCC2(CCOCC2)N1. The van der Waals surface area contributed by atoms with E-state index in [1.54, 1.807) is 0 Å². The molecule has 2 heterocycles. The molecule has 2 saturated heterocycles. The summed E-state index contributed by atoms with van der Waals surface area (Å²) in [6, 6.07) is 0. The maximum atomic E-state index is 11.1. The summed E-state index contributed by atoms with van der Waals surface area (Å²) >= 11 is 0. The molecule has 0 saturated carbocycles. The van der Waals surface area contributed by atoms with E-state index in [-0.39, 0.29) is 18.1 Å². The van der Waals surface area contributed by atoms with Crippen LogP contribution in [0.2, 0.25) is 0 Å². The first-order chi connectivity index (χ1) is 5.81. The van der Waals surface area contributed by atoms with Gasteiger partial charge in [0.05, 0.1) is 12.1 Å². The average molecular weight is 171 g/mol. The number of amides is 1. The van der Waals surface area contributed by atoms with E-state index in [0.29, 0.717) is 6.61 Å². The van der Waals surface area contributed by atoms with Gasteiger partial charge in [0.15, 0.2) is 0 Å². The zero-order chi connectivity index (χ0) is 8.44. The normalized spacial score (nSPS) is 28.5. The summed E-state index contributed by atoms with van der Waals surface area (Å²) in [6.45, 7) is 2.30. The molecule has 1 amide bonds. The fourth-order valence-electron chi connectivity index (χ4n) is 1.74. The minimum Gasteiger partial charge on any atom is -0.381 e. The molecule has 0 aromatic carbocycles. The Kier molecular flexibility index (Phi) is 2.02. The van der Waals surface area contributed by atoms with Crippen molar-refractivity contribution in [3.63, 3.8) is 0 Å². The van der Waals surface area contributed by atoms with Gasteiger partial charge in [-0.15, -0.1) is 0 Å². The molecule has 0 aliphatic carbocycles. The first-order valence-electron chi connectivity index (χ1n) is 4.27. The van der Waals surface area contributed by atoms with Gasteiger partial charge in [0.1, 0.15) is 6.61 Å². The predicted molar refractivity (Wildman–Crippen MR) is 41.7 cm³/mol. The van der Waals surface area contributed by atoms with Gasteiger partial charge in [0.2, 0.25) is 5.91 Å². The van der Waals surface area contributed by atoms with Crippen LogP contribution >= 0.6 is 0 Å². The molecule has 4 nitrogen and oxygen atoms in total. The zero-order valence-electron chi connectivity index (χ0n) is 6.97. The van der Waals surface area contributed by atoms with Crippen molar-refractivity contribution < 1.29 is 14.3 Å². The lowest BCUT2D eigenvalue weighted by atomic mass is 9.90. The second-order valence-electron chi connectivity index (χ2n) is 3.43. The number of ether oxygens (including phenoxy) is 2. The van der Waals surface area contributed by atoms with Gasteiger partial charge in [-0.05, 0) is 12.8 Å². The minimum atomic E-state index is -0.117. The van der Waals surface area contributed by atoms with E-state index in [2.05, 4.69) is 5.32 Å². The Morgan fingerprint density at radius 3 is 2.67 bits per heavy atom. The lowest BCUT2D eigenvalue weighted by Crippen LogP contribution is -2.59. The summed E-state index contributed by atoms with van der Waals surface area (Å²) in [5, 5.41) is 2.99. The highest BCUT2D eigenvalue weighted by Crippen LogP contribution is 2.22. The molecular formula is C8H13NO3. The van der Waals surface area contributed by atoms with Gasteiger partial charge < -0.3 is 14.8 Å². The maximum Gasteiger partial charge on any atom is 0.246 e. The van der Waals surface area contributed by atoms with Crippen molar-refractivity contribution in [1.29, 1.82) is 0 Å². The van der Waals surface area contributed by atoms with Crippen LogP contribution in [-0.2, 0) is 14.3 Å². The highest BCUT2D eigenvalue weighted by Gasteiger charge is 2.37. The van der Waals surface area contributed by atoms with E-state index in [9.17, 15) is 4.79 Å². The van der Waals surface area contributed by atoms with Crippen LogP contribution in [-0.4, -0.2) is 37.9 Å². The van der Waals surface area contributed by atoms with Crippen molar-refractivity contribution in [2.24, 2.45) is 0 Å². The molecule has 2 rings (SSSR count). The van der Waals surface area contributed by atoms with Crippen molar-refractivity contribution in [3.05, 3.63) is 0 Å². The van der Waals surface area contributed by atoms with Crippen LogP contribution in [0, 0.1) is 0 Å². The molecule has 1 spiro atoms. The Bertz CT molecular complexity index is 181. The molecule has 68 valence electrons. The van der Waals surface area contributed by atoms with Gasteiger partial charge >= 0.3 is 0 Å². The zero-order valence-corrected chi connectivity index (χ0v) is 6.97. The largest absolute Gasteiger partial charge is 0.381 e. The van der Waals surface area contributed by atoms with Crippen LogP contribution < -0.4 is 5.32 Å². The summed E-state index contributed by atoms with van der Waals surface area (Å²) in [5.74, 6) is 0.00292. The van der Waals surface area contributed by atoms with Crippen LogP contribution in [0.25, 0.3) is 0 Å². The summed E-state index contributed by atoms with van der Waals surface area (Å²) < 4.78 is 10.4. The number of nitrogens with one attached hydrogen (secondary N) is 1. The van der Waals surface area contributed by atoms with Crippen LogP contribution in [0.1, 0.15) is 12.8 Å². The first kappa shape index (κ1) is 8.01. The monoisotopic (exact) mass is 171 g/mol. The van der Waals surface area contributed by atoms with Crippen LogP contribution in [0.3, 0.4) is 0 Å². The fourth-order valence-corrected chi connectivity index (χ4v) is 1.74. The van der Waals surface area contributed by atoms with Gasteiger partial charge in [-0.1, -0.05) is 0 Å². The number of morpholine rings is 1. The van der Waals surface area contributed by atoms with Crippen molar-refractivity contribution in [2.75, 3.05) is 26.4 Å². The van der Waals surface area contributed by atoms with Crippen molar-refractivity contribution >= 4 is 5.91 Å². The maximum absolute atomic E-state index is 11.1. The lowest BCUT2D eigenvalue weighted by molar-refractivity contribution is -0.139. The lowest BCUT2D eigenvalue weighted by Gasteiger charge is -2.40. The van der Waals surface area contributed by atoms with Crippen LogP contribution in [0.4, 0.5) is 0 Å². The van der Waals surface area contributed by atoms with Gasteiger partial charge in [-0.2, -0.15) is 0 Å². The summed E-state index contributed by atoms with van der Waals surface area (Å²) in [4.78, 5) is 11.1. The van der Waals surface area contributed by atoms with Crippen LogP contribution in [0.5, 0.6) is 0 Å². The Morgan fingerprint density at radius 2 is 2.00 bits per heavy atom. The quantitative estimate of drug-likeness (QED) is 0.543. The highest BCUT2D eigenvalue weighted by molar-refractivity contribution is 5.78. The first-order valence-corrected chi connectivity index (χ1v) is 4.27. The van der Waals surface area contributed by atoms with E-state index in [4.69, 9.17) is 9.47 Å². The van der Waals surface area contributed by atoms with Gasteiger partial charge in [-0.3, -0.25) is 4.79 Å².